The zero-order valence-electron chi connectivity index (χ0n) is 22.4. The lowest BCUT2D eigenvalue weighted by molar-refractivity contribution is 0.00357. The van der Waals surface area contributed by atoms with Crippen molar-refractivity contribution < 1.29 is 28.2 Å². The molecule has 5 rings (SSSR count). The molecule has 2 aliphatic rings. The Morgan fingerprint density at radius 2 is 1.80 bits per heavy atom. The molecule has 1 aromatic carbocycles. The third-order valence-electron chi connectivity index (χ3n) is 7.62. The third kappa shape index (κ3) is 5.43. The van der Waals surface area contributed by atoms with Crippen LogP contribution in [0.25, 0.3) is 11.3 Å². The highest BCUT2D eigenvalue weighted by Gasteiger charge is 2.51. The summed E-state index contributed by atoms with van der Waals surface area (Å²) in [6.07, 6.45) is 2.27. The van der Waals surface area contributed by atoms with Gasteiger partial charge in [-0.3, -0.25) is 9.80 Å². The molecule has 3 aromatic rings. The summed E-state index contributed by atoms with van der Waals surface area (Å²) >= 11 is 0. The standard InChI is InChI=1S/C28H30F2N6O4/c1-27(2,3)24(17-8-10-28(11-9-17)16-35(26(39)40-28)22-5-4-12-31-33-22)36(25(37)38)23-7-6-21(32-34-23)18-13-19(29)15-20(30)14-18/h4-7,12-15,17,24H,8-11,16H2,1-3H3,(H,37,38). The molecular weight excluding hydrogens is 522 g/mol. The van der Waals surface area contributed by atoms with Crippen LogP contribution in [0.1, 0.15) is 46.5 Å². The van der Waals surface area contributed by atoms with Gasteiger partial charge in [-0.25, -0.2) is 18.4 Å². The van der Waals surface area contributed by atoms with Gasteiger partial charge in [0.05, 0.1) is 12.2 Å². The van der Waals surface area contributed by atoms with Crippen molar-refractivity contribution in [2.75, 3.05) is 16.3 Å². The number of aromatic nitrogens is 4. The zero-order valence-corrected chi connectivity index (χ0v) is 22.4. The number of carbonyl (C=O) groups is 2. The normalized spacial score (nSPS) is 21.8. The molecule has 1 N–H and O–H groups in total. The molecule has 0 radical (unpaired) electrons. The Kier molecular flexibility index (Phi) is 7.11. The molecule has 210 valence electrons. The van der Waals surface area contributed by atoms with Crippen molar-refractivity contribution in [3.63, 3.8) is 0 Å². The lowest BCUT2D eigenvalue weighted by Gasteiger charge is -2.46. The van der Waals surface area contributed by atoms with Gasteiger partial charge in [0.15, 0.2) is 11.6 Å². The van der Waals surface area contributed by atoms with Crippen molar-refractivity contribution in [3.05, 3.63) is 60.3 Å². The Balaban J connectivity index is 1.37. The van der Waals surface area contributed by atoms with Crippen LogP contribution in [0.5, 0.6) is 0 Å². The number of nitrogens with zero attached hydrogens (tertiary/aromatic N) is 6. The summed E-state index contributed by atoms with van der Waals surface area (Å²) in [5, 5.41) is 26.4. The monoisotopic (exact) mass is 552 g/mol. The van der Waals surface area contributed by atoms with E-state index in [0.717, 1.165) is 18.2 Å². The van der Waals surface area contributed by atoms with Crippen molar-refractivity contribution in [1.29, 1.82) is 0 Å². The number of hydrogen-bond acceptors (Lipinski definition) is 7. The van der Waals surface area contributed by atoms with E-state index in [2.05, 4.69) is 20.4 Å². The molecule has 2 amide bonds. The van der Waals surface area contributed by atoms with E-state index in [0.29, 0.717) is 38.0 Å². The predicted octanol–water partition coefficient (Wildman–Crippen LogP) is 5.70. The number of amides is 2. The summed E-state index contributed by atoms with van der Waals surface area (Å²) in [6.45, 7) is 6.27. The molecule has 1 spiro atoms. The summed E-state index contributed by atoms with van der Waals surface area (Å²) in [5.41, 5.74) is -0.735. The molecule has 1 saturated heterocycles. The van der Waals surface area contributed by atoms with Crippen LogP contribution in [-0.2, 0) is 4.74 Å². The van der Waals surface area contributed by atoms with Gasteiger partial charge in [0.25, 0.3) is 0 Å². The van der Waals surface area contributed by atoms with Gasteiger partial charge in [-0.2, -0.15) is 5.10 Å². The highest BCUT2D eigenvalue weighted by molar-refractivity contribution is 5.89. The quantitative estimate of drug-likeness (QED) is 0.428. The largest absolute Gasteiger partial charge is 0.465 e. The second kappa shape index (κ2) is 10.4. The number of carbonyl (C=O) groups excluding carboxylic acids is 1. The Bertz CT molecular complexity index is 1370. The maximum absolute atomic E-state index is 13.7. The van der Waals surface area contributed by atoms with E-state index in [1.807, 2.05) is 20.8 Å². The summed E-state index contributed by atoms with van der Waals surface area (Å²) in [5.74, 6) is -0.995. The average molecular weight is 553 g/mol. The topological polar surface area (TPSA) is 122 Å². The SMILES string of the molecule is CC(C)(C)C(C1CCC2(CC1)CN(c1cccnn1)C(=O)O2)N(C(=O)O)c1ccc(-c2cc(F)cc(F)c2)nn1. The maximum atomic E-state index is 13.7. The fraction of sp³-hybridized carbons (Fsp3) is 0.429. The summed E-state index contributed by atoms with van der Waals surface area (Å²) < 4.78 is 33.2. The van der Waals surface area contributed by atoms with Crippen LogP contribution >= 0.6 is 0 Å². The molecular formula is C28H30F2N6O4. The Morgan fingerprint density at radius 3 is 2.35 bits per heavy atom. The highest BCUT2D eigenvalue weighted by Crippen LogP contribution is 2.45. The molecule has 3 heterocycles. The molecule has 2 fully saturated rings. The minimum absolute atomic E-state index is 0.0511. The first-order chi connectivity index (χ1) is 19.0. The number of rotatable bonds is 5. The number of benzene rings is 1. The van der Waals surface area contributed by atoms with Gasteiger partial charge < -0.3 is 9.84 Å². The van der Waals surface area contributed by atoms with Gasteiger partial charge in [0.1, 0.15) is 17.2 Å². The van der Waals surface area contributed by atoms with E-state index >= 15 is 0 Å². The van der Waals surface area contributed by atoms with Crippen LogP contribution in [0.15, 0.2) is 48.7 Å². The molecule has 12 heteroatoms. The van der Waals surface area contributed by atoms with Crippen LogP contribution in [0.4, 0.5) is 30.0 Å². The molecule has 1 unspecified atom stereocenters. The Labute approximate surface area is 230 Å². The van der Waals surface area contributed by atoms with Crippen molar-refractivity contribution >= 4 is 23.8 Å². The minimum atomic E-state index is -1.18. The number of ether oxygens (including phenoxy) is 1. The lowest BCUT2D eigenvalue weighted by atomic mass is 9.69. The van der Waals surface area contributed by atoms with Gasteiger partial charge in [0.2, 0.25) is 0 Å². The first kappa shape index (κ1) is 27.4. The number of carboxylic acid groups (broad SMARTS) is 1. The fourth-order valence-electron chi connectivity index (χ4n) is 5.95. The van der Waals surface area contributed by atoms with E-state index in [9.17, 15) is 23.5 Å². The Hall–Kier alpha value is -4.22. The molecule has 1 aliphatic heterocycles. The van der Waals surface area contributed by atoms with E-state index < -0.39 is 40.9 Å². The number of hydrogen-bond donors (Lipinski definition) is 1. The van der Waals surface area contributed by atoms with Gasteiger partial charge in [-0.1, -0.05) is 20.8 Å². The highest BCUT2D eigenvalue weighted by atomic mass is 19.1. The van der Waals surface area contributed by atoms with E-state index in [1.165, 1.54) is 28.1 Å². The van der Waals surface area contributed by atoms with Gasteiger partial charge in [-0.15, -0.1) is 15.3 Å². The summed E-state index contributed by atoms with van der Waals surface area (Å²) in [7, 11) is 0. The van der Waals surface area contributed by atoms with Crippen molar-refractivity contribution in [2.45, 2.75) is 58.1 Å². The van der Waals surface area contributed by atoms with Crippen molar-refractivity contribution in [3.8, 4) is 11.3 Å². The molecule has 1 atom stereocenters. The van der Waals surface area contributed by atoms with Crippen LogP contribution in [-0.4, -0.2) is 55.9 Å². The van der Waals surface area contributed by atoms with Crippen molar-refractivity contribution in [1.82, 2.24) is 20.4 Å². The third-order valence-corrected chi connectivity index (χ3v) is 7.62. The number of anilines is 2. The molecule has 1 saturated carbocycles. The Morgan fingerprint density at radius 1 is 1.10 bits per heavy atom. The smallest absolute Gasteiger partial charge is 0.416 e. The molecule has 10 nitrogen and oxygen atoms in total. The first-order valence-electron chi connectivity index (χ1n) is 13.1. The maximum Gasteiger partial charge on any atom is 0.416 e. The molecule has 40 heavy (non-hydrogen) atoms. The molecule has 1 aliphatic carbocycles. The second-order valence-electron chi connectivity index (χ2n) is 11.5. The summed E-state index contributed by atoms with van der Waals surface area (Å²) in [6, 6.07) is 8.98. The predicted molar refractivity (Wildman–Crippen MR) is 142 cm³/mol. The fourth-order valence-corrected chi connectivity index (χ4v) is 5.95. The summed E-state index contributed by atoms with van der Waals surface area (Å²) in [4.78, 5) is 28.0. The average Bonchev–Trinajstić information content (AvgIpc) is 3.22. The van der Waals surface area contributed by atoms with Gasteiger partial charge in [-0.05, 0) is 73.4 Å². The first-order valence-corrected chi connectivity index (χ1v) is 13.1. The van der Waals surface area contributed by atoms with E-state index in [4.69, 9.17) is 4.74 Å². The van der Waals surface area contributed by atoms with E-state index in [-0.39, 0.29) is 23.0 Å². The lowest BCUT2D eigenvalue weighted by Crippen LogP contribution is -2.54. The van der Waals surface area contributed by atoms with Crippen LogP contribution in [0, 0.1) is 23.0 Å². The van der Waals surface area contributed by atoms with Gasteiger partial charge in [0, 0.05) is 23.9 Å². The second-order valence-corrected chi connectivity index (χ2v) is 11.5. The van der Waals surface area contributed by atoms with Crippen LogP contribution < -0.4 is 9.80 Å². The van der Waals surface area contributed by atoms with Crippen LogP contribution in [0.2, 0.25) is 0 Å². The molecule has 0 bridgehead atoms. The number of halogens is 2. The molecule has 2 aromatic heterocycles. The van der Waals surface area contributed by atoms with Gasteiger partial charge >= 0.3 is 12.2 Å². The van der Waals surface area contributed by atoms with E-state index in [1.54, 1.807) is 12.1 Å². The minimum Gasteiger partial charge on any atom is -0.465 e. The van der Waals surface area contributed by atoms with Crippen molar-refractivity contribution in [2.24, 2.45) is 11.3 Å². The zero-order chi connectivity index (χ0) is 28.7. The van der Waals surface area contributed by atoms with Crippen LogP contribution in [0.3, 0.4) is 0 Å².